The lowest BCUT2D eigenvalue weighted by Crippen LogP contribution is -2.45. The number of rotatable bonds is 4. The quantitative estimate of drug-likeness (QED) is 0.194. The van der Waals surface area contributed by atoms with Gasteiger partial charge in [-0.05, 0) is 114 Å². The topological polar surface area (TPSA) is 37.5 Å². The van der Waals surface area contributed by atoms with Gasteiger partial charge in [0.1, 0.15) is 17.1 Å². The lowest BCUT2D eigenvalue weighted by atomic mass is 9.69. The second kappa shape index (κ2) is 12.8. The summed E-state index contributed by atoms with van der Waals surface area (Å²) in [6.45, 7) is 0. The second-order valence-corrected chi connectivity index (χ2v) is 16.5. The highest BCUT2D eigenvalue weighted by molar-refractivity contribution is 6.10. The van der Waals surface area contributed by atoms with Crippen molar-refractivity contribution in [3.8, 4) is 44.5 Å². The predicted molar refractivity (Wildman–Crippen MR) is 244 cm³/mol. The molecule has 1 aromatic heterocycles. The Bertz CT molecular complexity index is 3410. The molecule has 4 aliphatic rings. The van der Waals surface area contributed by atoms with Crippen LogP contribution in [0.1, 0.15) is 34.2 Å². The van der Waals surface area contributed by atoms with Gasteiger partial charge in [-0.1, -0.05) is 170 Å². The molecule has 0 saturated heterocycles. The van der Waals surface area contributed by atoms with E-state index in [-0.39, 0.29) is 12.1 Å². The minimum absolute atomic E-state index is 0.117. The van der Waals surface area contributed by atoms with E-state index in [2.05, 4.69) is 193 Å². The van der Waals surface area contributed by atoms with E-state index in [0.717, 1.165) is 45.0 Å². The summed E-state index contributed by atoms with van der Waals surface area (Å²) in [6.07, 6.45) is 9.58. The van der Waals surface area contributed by atoms with Gasteiger partial charge in [0.25, 0.3) is 0 Å². The highest BCUT2D eigenvalue weighted by atomic mass is 16.3. The fourth-order valence-electron chi connectivity index (χ4n) is 10.9. The smallest absolute Gasteiger partial charge is 0.177 e. The Hall–Kier alpha value is -7.49. The van der Waals surface area contributed by atoms with Crippen molar-refractivity contribution in [1.29, 1.82) is 0 Å². The summed E-state index contributed by atoms with van der Waals surface area (Å²) >= 11 is 0. The molecule has 60 heavy (non-hydrogen) atoms. The molecule has 9 aromatic rings. The number of furan rings is 1. The molecule has 0 fully saturated rings. The number of nitrogens with one attached hydrogen (secondary N) is 1. The third-order valence-corrected chi connectivity index (χ3v) is 13.4. The highest BCUT2D eigenvalue weighted by Gasteiger charge is 2.52. The molecule has 0 saturated carbocycles. The van der Waals surface area contributed by atoms with Gasteiger partial charge < -0.3 is 9.73 Å². The van der Waals surface area contributed by atoms with Gasteiger partial charge in [-0.2, -0.15) is 0 Å². The Kier molecular flexibility index (Phi) is 7.12. The maximum absolute atomic E-state index is 6.62. The average Bonchev–Trinajstić information content (AvgIpc) is 3.95. The van der Waals surface area contributed by atoms with Gasteiger partial charge in [0.15, 0.2) is 5.42 Å². The van der Waals surface area contributed by atoms with Crippen LogP contribution in [0.5, 0.6) is 0 Å². The van der Waals surface area contributed by atoms with Crippen LogP contribution in [-0.4, -0.2) is 6.17 Å². The predicted octanol–water partition coefficient (Wildman–Crippen LogP) is 12.1. The van der Waals surface area contributed by atoms with Gasteiger partial charge in [-0.3, -0.25) is 4.99 Å². The van der Waals surface area contributed by atoms with Crippen LogP contribution in [0.25, 0.3) is 71.9 Å². The zero-order chi connectivity index (χ0) is 39.4. The van der Waals surface area contributed by atoms with Crippen molar-refractivity contribution < 1.29 is 4.42 Å². The molecule has 2 unspecified atom stereocenters. The fourth-order valence-corrected chi connectivity index (χ4v) is 10.9. The maximum Gasteiger partial charge on any atom is 0.177 e. The molecule has 1 N–H and O–H groups in total. The number of allylic oxidation sites excluding steroid dienone is 3. The van der Waals surface area contributed by atoms with Crippen molar-refractivity contribution in [2.45, 2.75) is 18.0 Å². The highest BCUT2D eigenvalue weighted by Crippen LogP contribution is 2.65. The van der Waals surface area contributed by atoms with E-state index in [9.17, 15) is 0 Å². The maximum atomic E-state index is 6.62. The number of benzene rings is 8. The molecule has 0 bridgehead atoms. The lowest BCUT2D eigenvalue weighted by molar-refractivity contribution is 0.444. The van der Waals surface area contributed by atoms with Crippen molar-refractivity contribution in [1.82, 2.24) is 5.32 Å². The monoisotopic (exact) mass is 766 g/mol. The molecule has 1 aliphatic heterocycles. The summed E-state index contributed by atoms with van der Waals surface area (Å²) in [5.74, 6) is 0.235. The summed E-state index contributed by atoms with van der Waals surface area (Å²) in [5, 5.41) is 8.36. The van der Waals surface area contributed by atoms with Gasteiger partial charge in [-0.15, -0.1) is 0 Å². The number of hydrogen-bond acceptors (Lipinski definition) is 3. The van der Waals surface area contributed by atoms with E-state index < -0.39 is 5.41 Å². The first-order valence-corrected chi connectivity index (χ1v) is 21.0. The molecule has 3 heteroatoms. The SMILES string of the molecule is C1=CCC(C2N=c3c(oc4ccccc34)=C(c3cccc(-c4ccc5c(c4)C4(c6ccccc6-c6ccccc64)c4cc6ccccc6c(-c6ccccc6)c4-5)c3)N2)C=C1. The van der Waals surface area contributed by atoms with E-state index >= 15 is 0 Å². The number of hydrogen-bond donors (Lipinski definition) is 1. The molecular formula is C57H38N2O. The fraction of sp³-hybridized carbons (Fsp3) is 0.0702. The first-order valence-electron chi connectivity index (χ1n) is 21.0. The van der Waals surface area contributed by atoms with Crippen LogP contribution in [0, 0.1) is 5.92 Å². The normalized spacial score (nSPS) is 17.5. The van der Waals surface area contributed by atoms with Crippen molar-refractivity contribution in [2.75, 3.05) is 0 Å². The summed E-state index contributed by atoms with van der Waals surface area (Å²) in [6, 6.07) is 65.0. The molecule has 1 spiro atoms. The van der Waals surface area contributed by atoms with E-state index in [1.165, 1.54) is 72.0 Å². The van der Waals surface area contributed by atoms with Crippen LogP contribution in [0.15, 0.2) is 210 Å². The Morgan fingerprint density at radius 2 is 1.22 bits per heavy atom. The molecule has 8 aromatic carbocycles. The van der Waals surface area contributed by atoms with Crippen LogP contribution in [0.3, 0.4) is 0 Å². The van der Waals surface area contributed by atoms with Crippen LogP contribution < -0.4 is 16.1 Å². The molecule has 0 amide bonds. The van der Waals surface area contributed by atoms with E-state index in [1.807, 2.05) is 12.1 Å². The number of nitrogens with zero attached hydrogens (tertiary/aromatic N) is 1. The third-order valence-electron chi connectivity index (χ3n) is 13.4. The summed E-state index contributed by atoms with van der Waals surface area (Å²) < 4.78 is 6.62. The first-order chi connectivity index (χ1) is 29.8. The van der Waals surface area contributed by atoms with Crippen LogP contribution in [0.4, 0.5) is 0 Å². The van der Waals surface area contributed by atoms with Crippen LogP contribution >= 0.6 is 0 Å². The molecule has 13 rings (SSSR count). The molecule has 3 nitrogen and oxygen atoms in total. The molecule has 3 aliphatic carbocycles. The molecule has 0 radical (unpaired) electrons. The Balaban J connectivity index is 1.06. The van der Waals surface area contributed by atoms with Gasteiger partial charge in [0.2, 0.25) is 0 Å². The van der Waals surface area contributed by atoms with Crippen LogP contribution in [0.2, 0.25) is 0 Å². The number of para-hydroxylation sites is 1. The minimum atomic E-state index is -0.501. The largest absolute Gasteiger partial charge is 0.452 e. The van der Waals surface area contributed by atoms with E-state index in [4.69, 9.17) is 9.41 Å². The second-order valence-electron chi connectivity index (χ2n) is 16.5. The van der Waals surface area contributed by atoms with Crippen molar-refractivity contribution >= 4 is 27.4 Å². The van der Waals surface area contributed by atoms with Gasteiger partial charge >= 0.3 is 0 Å². The standard InChI is InChI=1S/C57H38N2O/c1-3-16-35(17-4-1)51-41-23-8-7-20-39(41)34-49-52(51)44-31-30-38(33-48(44)57(49)46-27-12-9-24-42(46)43-25-10-13-28-47(43)57)37-21-15-22-40(32-37)53-55-54(45-26-11-14-29-50(45)60-55)59-56(58-53)36-18-5-2-6-19-36/h1-18,20-34,36,56,58H,19H2. The van der Waals surface area contributed by atoms with Gasteiger partial charge in [0.05, 0.1) is 11.1 Å². The Morgan fingerprint density at radius 3 is 2.03 bits per heavy atom. The lowest BCUT2D eigenvalue weighted by Gasteiger charge is -2.31. The van der Waals surface area contributed by atoms with Crippen molar-refractivity contribution in [3.05, 3.63) is 239 Å². The molecule has 2 atom stereocenters. The van der Waals surface area contributed by atoms with E-state index in [1.54, 1.807) is 0 Å². The summed E-state index contributed by atoms with van der Waals surface area (Å²) in [4.78, 5) is 5.29. The third kappa shape index (κ3) is 4.63. The van der Waals surface area contributed by atoms with E-state index in [0.29, 0.717) is 0 Å². The number of fused-ring (bicyclic) bond motifs is 14. The van der Waals surface area contributed by atoms with Crippen LogP contribution in [-0.2, 0) is 5.41 Å². The van der Waals surface area contributed by atoms with Crippen molar-refractivity contribution in [2.24, 2.45) is 10.9 Å². The molecular weight excluding hydrogens is 729 g/mol. The van der Waals surface area contributed by atoms with Gasteiger partial charge in [0, 0.05) is 16.9 Å². The Labute approximate surface area is 348 Å². The van der Waals surface area contributed by atoms with Crippen molar-refractivity contribution in [3.63, 3.8) is 0 Å². The summed E-state index contributed by atoms with van der Waals surface area (Å²) in [5.41, 5.74) is 18.6. The average molecular weight is 767 g/mol. The zero-order valence-electron chi connectivity index (χ0n) is 32.8. The Morgan fingerprint density at radius 1 is 0.517 bits per heavy atom. The molecule has 2 heterocycles. The summed E-state index contributed by atoms with van der Waals surface area (Å²) in [7, 11) is 0. The zero-order valence-corrected chi connectivity index (χ0v) is 32.8. The first kappa shape index (κ1) is 33.5. The molecule has 282 valence electrons. The minimum Gasteiger partial charge on any atom is -0.452 e. The van der Waals surface area contributed by atoms with Gasteiger partial charge in [-0.25, -0.2) is 0 Å².